The molecule has 0 fully saturated rings. The molecule has 118 valence electrons. The zero-order valence-corrected chi connectivity index (χ0v) is 13.6. The summed E-state index contributed by atoms with van der Waals surface area (Å²) in [5, 5.41) is 16.5. The topological polar surface area (TPSA) is 58.6 Å². The number of amides is 1. The molecule has 0 bridgehead atoms. The third kappa shape index (κ3) is 4.58. The maximum Gasteiger partial charge on any atom is 0.220 e. The molecule has 2 rings (SSSR count). The van der Waals surface area contributed by atoms with E-state index in [9.17, 15) is 9.90 Å². The van der Waals surface area contributed by atoms with Gasteiger partial charge in [0.1, 0.15) is 5.75 Å². The quantitative estimate of drug-likeness (QED) is 0.824. The van der Waals surface area contributed by atoms with Gasteiger partial charge in [0.25, 0.3) is 0 Å². The number of methoxy groups -OCH3 is 1. The van der Waals surface area contributed by atoms with E-state index in [-0.39, 0.29) is 18.4 Å². The summed E-state index contributed by atoms with van der Waals surface area (Å²) in [4.78, 5) is 12.0. The van der Waals surface area contributed by atoms with Gasteiger partial charge in [0.05, 0.1) is 13.2 Å². The van der Waals surface area contributed by atoms with Crippen molar-refractivity contribution in [3.63, 3.8) is 0 Å². The average Bonchev–Trinajstić information content (AvgIpc) is 3.07. The molecule has 2 unspecified atom stereocenters. The van der Waals surface area contributed by atoms with Crippen molar-refractivity contribution in [3.05, 3.63) is 52.2 Å². The fourth-order valence-corrected chi connectivity index (χ4v) is 2.90. The van der Waals surface area contributed by atoms with Gasteiger partial charge < -0.3 is 15.2 Å². The van der Waals surface area contributed by atoms with Crippen LogP contribution in [0.1, 0.15) is 36.5 Å². The molecular weight excluding hydrogens is 298 g/mol. The maximum atomic E-state index is 12.0. The molecule has 2 aromatic rings. The second-order valence-corrected chi connectivity index (χ2v) is 6.03. The van der Waals surface area contributed by atoms with Gasteiger partial charge in [-0.3, -0.25) is 4.79 Å². The van der Waals surface area contributed by atoms with Gasteiger partial charge in [-0.2, -0.15) is 11.3 Å². The summed E-state index contributed by atoms with van der Waals surface area (Å²) < 4.78 is 5.12. The molecule has 4 nitrogen and oxygen atoms in total. The van der Waals surface area contributed by atoms with E-state index in [1.54, 1.807) is 7.11 Å². The Labute approximate surface area is 134 Å². The monoisotopic (exact) mass is 319 g/mol. The van der Waals surface area contributed by atoms with E-state index in [2.05, 4.69) is 5.32 Å². The minimum atomic E-state index is -0.647. The van der Waals surface area contributed by atoms with Crippen molar-refractivity contribution in [3.8, 4) is 5.75 Å². The number of aliphatic hydroxyl groups excluding tert-OH is 1. The van der Waals surface area contributed by atoms with Crippen LogP contribution in [-0.2, 0) is 4.79 Å². The van der Waals surface area contributed by atoms with E-state index in [0.29, 0.717) is 6.42 Å². The largest absolute Gasteiger partial charge is 0.497 e. The Balaban J connectivity index is 1.80. The Morgan fingerprint density at radius 1 is 1.27 bits per heavy atom. The lowest BCUT2D eigenvalue weighted by atomic mass is 9.97. The molecule has 0 aliphatic carbocycles. The number of benzene rings is 1. The van der Waals surface area contributed by atoms with E-state index in [1.165, 1.54) is 11.3 Å². The highest BCUT2D eigenvalue weighted by Gasteiger charge is 2.13. The first-order valence-electron chi connectivity index (χ1n) is 7.21. The van der Waals surface area contributed by atoms with Crippen molar-refractivity contribution in [1.82, 2.24) is 5.32 Å². The number of thiophene rings is 1. The molecule has 1 heterocycles. The van der Waals surface area contributed by atoms with Gasteiger partial charge in [-0.25, -0.2) is 0 Å². The first-order chi connectivity index (χ1) is 10.6. The van der Waals surface area contributed by atoms with Gasteiger partial charge in [-0.15, -0.1) is 0 Å². The van der Waals surface area contributed by atoms with Crippen LogP contribution in [0, 0.1) is 0 Å². The van der Waals surface area contributed by atoms with Gasteiger partial charge in [-0.1, -0.05) is 19.1 Å². The molecule has 1 aromatic heterocycles. The van der Waals surface area contributed by atoms with Crippen LogP contribution in [-0.4, -0.2) is 24.7 Å². The van der Waals surface area contributed by atoms with Crippen LogP contribution in [0.25, 0.3) is 0 Å². The number of carbonyl (C=O) groups is 1. The molecule has 2 atom stereocenters. The van der Waals surface area contributed by atoms with Crippen molar-refractivity contribution in [2.75, 3.05) is 13.7 Å². The third-order valence-electron chi connectivity index (χ3n) is 3.60. The Kier molecular flexibility index (Phi) is 5.98. The maximum absolute atomic E-state index is 12.0. The molecule has 0 spiro atoms. The normalized spacial score (nSPS) is 13.4. The molecule has 0 aliphatic rings. The smallest absolute Gasteiger partial charge is 0.220 e. The van der Waals surface area contributed by atoms with Gasteiger partial charge in [0.15, 0.2) is 0 Å². The molecule has 0 saturated carbocycles. The van der Waals surface area contributed by atoms with E-state index >= 15 is 0 Å². The molecule has 22 heavy (non-hydrogen) atoms. The lowest BCUT2D eigenvalue weighted by molar-refractivity contribution is -0.121. The van der Waals surface area contributed by atoms with Crippen molar-refractivity contribution in [2.24, 2.45) is 0 Å². The highest BCUT2D eigenvalue weighted by molar-refractivity contribution is 7.07. The Morgan fingerprint density at radius 2 is 2.00 bits per heavy atom. The summed E-state index contributed by atoms with van der Waals surface area (Å²) >= 11 is 1.53. The summed E-state index contributed by atoms with van der Waals surface area (Å²) in [6.45, 7) is 2.25. The van der Waals surface area contributed by atoms with E-state index < -0.39 is 6.10 Å². The van der Waals surface area contributed by atoms with Gasteiger partial charge in [0.2, 0.25) is 5.91 Å². The predicted molar refractivity (Wildman–Crippen MR) is 88.3 cm³/mol. The number of hydrogen-bond acceptors (Lipinski definition) is 4. The number of aliphatic hydroxyl groups is 1. The van der Waals surface area contributed by atoms with Crippen LogP contribution in [0.15, 0.2) is 41.1 Å². The number of ether oxygens (including phenoxy) is 1. The van der Waals surface area contributed by atoms with Crippen molar-refractivity contribution in [1.29, 1.82) is 0 Å². The van der Waals surface area contributed by atoms with Crippen LogP contribution in [0.5, 0.6) is 5.75 Å². The van der Waals surface area contributed by atoms with Crippen molar-refractivity contribution >= 4 is 17.2 Å². The zero-order chi connectivity index (χ0) is 15.9. The Morgan fingerprint density at radius 3 is 2.59 bits per heavy atom. The molecule has 2 N–H and O–H groups in total. The highest BCUT2D eigenvalue weighted by Crippen LogP contribution is 2.22. The van der Waals surface area contributed by atoms with E-state index in [1.807, 2.05) is 48.0 Å². The highest BCUT2D eigenvalue weighted by atomic mass is 32.1. The van der Waals surface area contributed by atoms with Crippen LogP contribution in [0.2, 0.25) is 0 Å². The van der Waals surface area contributed by atoms with Gasteiger partial charge in [-0.05, 0) is 46.0 Å². The minimum absolute atomic E-state index is 0.0578. The average molecular weight is 319 g/mol. The summed E-state index contributed by atoms with van der Waals surface area (Å²) in [6.07, 6.45) is -0.255. The summed E-state index contributed by atoms with van der Waals surface area (Å²) in [7, 11) is 1.63. The number of nitrogens with one attached hydrogen (secondary N) is 1. The minimum Gasteiger partial charge on any atom is -0.497 e. The van der Waals surface area contributed by atoms with Crippen LogP contribution in [0.4, 0.5) is 0 Å². The first-order valence-corrected chi connectivity index (χ1v) is 8.15. The molecule has 0 radical (unpaired) electrons. The van der Waals surface area contributed by atoms with Crippen molar-refractivity contribution < 1.29 is 14.6 Å². The number of rotatable bonds is 7. The Bertz CT molecular complexity index is 580. The van der Waals surface area contributed by atoms with E-state index in [4.69, 9.17) is 4.74 Å². The fourth-order valence-electron chi connectivity index (χ4n) is 2.19. The summed E-state index contributed by atoms with van der Waals surface area (Å²) in [6, 6.07) is 9.59. The first kappa shape index (κ1) is 16.5. The molecule has 1 amide bonds. The van der Waals surface area contributed by atoms with Crippen LogP contribution in [0.3, 0.4) is 0 Å². The fraction of sp³-hybridized carbons (Fsp3) is 0.353. The summed E-state index contributed by atoms with van der Waals surface area (Å²) in [5.74, 6) is 0.862. The number of carbonyl (C=O) groups excluding carboxylic acids is 1. The SMILES string of the molecule is COc1ccc(C(C)CC(=O)NCC(O)c2ccsc2)cc1. The zero-order valence-electron chi connectivity index (χ0n) is 12.8. The predicted octanol–water partition coefficient (Wildman–Crippen LogP) is 3.10. The second kappa shape index (κ2) is 7.96. The molecule has 0 aliphatic heterocycles. The molecule has 0 saturated heterocycles. The third-order valence-corrected chi connectivity index (χ3v) is 4.30. The van der Waals surface area contributed by atoms with Crippen LogP contribution < -0.4 is 10.1 Å². The lowest BCUT2D eigenvalue weighted by Crippen LogP contribution is -2.29. The number of hydrogen-bond donors (Lipinski definition) is 2. The summed E-state index contributed by atoms with van der Waals surface area (Å²) in [5.41, 5.74) is 1.93. The molecule has 5 heteroatoms. The van der Waals surface area contributed by atoms with Crippen molar-refractivity contribution in [2.45, 2.75) is 25.4 Å². The van der Waals surface area contributed by atoms with E-state index in [0.717, 1.165) is 16.9 Å². The molecule has 1 aromatic carbocycles. The van der Waals surface area contributed by atoms with Gasteiger partial charge >= 0.3 is 0 Å². The standard InChI is InChI=1S/C17H21NO3S/c1-12(13-3-5-15(21-2)6-4-13)9-17(20)18-10-16(19)14-7-8-22-11-14/h3-8,11-12,16,19H,9-10H2,1-2H3,(H,18,20). The second-order valence-electron chi connectivity index (χ2n) is 5.25. The van der Waals surface area contributed by atoms with Gasteiger partial charge in [0, 0.05) is 13.0 Å². The van der Waals surface area contributed by atoms with Crippen LogP contribution >= 0.6 is 11.3 Å². The molecular formula is C17H21NO3S. The lowest BCUT2D eigenvalue weighted by Gasteiger charge is -2.14. The Hall–Kier alpha value is -1.85.